The fourth-order valence-electron chi connectivity index (χ4n) is 5.49. The van der Waals surface area contributed by atoms with E-state index in [-0.39, 0.29) is 11.9 Å². The molecule has 0 spiro atoms. The number of methoxy groups -OCH3 is 1. The molecule has 7 nitrogen and oxygen atoms in total. The molecule has 1 aromatic heterocycles. The molecule has 0 saturated heterocycles. The highest BCUT2D eigenvalue weighted by Gasteiger charge is 2.31. The van der Waals surface area contributed by atoms with Gasteiger partial charge in [0.25, 0.3) is 5.91 Å². The highest BCUT2D eigenvalue weighted by Crippen LogP contribution is 2.42. The van der Waals surface area contributed by atoms with Crippen LogP contribution in [0.2, 0.25) is 0 Å². The SMILES string of the molecule is CCN(CC)C(=O)c1ccc(C2c3cc(OCc4ccccc4)c(OC)cc3CCN2Cc2nc[nH]c2C)cc1. The van der Waals surface area contributed by atoms with Crippen molar-refractivity contribution in [3.8, 4) is 11.5 Å². The molecule has 0 bridgehead atoms. The lowest BCUT2D eigenvalue weighted by Gasteiger charge is -2.38. The number of imidazole rings is 1. The quantitative estimate of drug-likeness (QED) is 0.271. The Labute approximate surface area is 236 Å². The summed E-state index contributed by atoms with van der Waals surface area (Å²) >= 11 is 0. The van der Waals surface area contributed by atoms with Gasteiger partial charge in [-0.2, -0.15) is 0 Å². The minimum atomic E-state index is -0.0255. The van der Waals surface area contributed by atoms with Crippen molar-refractivity contribution in [3.05, 3.63) is 112 Å². The molecule has 1 N–H and O–H groups in total. The molecule has 4 aromatic rings. The number of nitrogens with zero attached hydrogens (tertiary/aromatic N) is 3. The molecule has 3 aromatic carbocycles. The molecule has 208 valence electrons. The number of hydrogen-bond acceptors (Lipinski definition) is 5. The number of ether oxygens (including phenoxy) is 2. The lowest BCUT2D eigenvalue weighted by molar-refractivity contribution is 0.0773. The van der Waals surface area contributed by atoms with Crippen molar-refractivity contribution in [2.24, 2.45) is 0 Å². The van der Waals surface area contributed by atoms with Crippen molar-refractivity contribution >= 4 is 5.91 Å². The zero-order valence-corrected chi connectivity index (χ0v) is 23.8. The molecule has 1 atom stereocenters. The molecule has 1 aliphatic heterocycles. The number of benzene rings is 3. The first-order valence-electron chi connectivity index (χ1n) is 14.0. The smallest absolute Gasteiger partial charge is 0.253 e. The van der Waals surface area contributed by atoms with Gasteiger partial charge in [0.2, 0.25) is 0 Å². The first kappa shape index (κ1) is 27.5. The molecule has 0 saturated carbocycles. The second kappa shape index (κ2) is 12.4. The zero-order chi connectivity index (χ0) is 28.1. The molecule has 1 aliphatic rings. The number of carbonyl (C=O) groups excluding carboxylic acids is 1. The molecular formula is C33H38N4O3. The van der Waals surface area contributed by atoms with E-state index in [9.17, 15) is 4.79 Å². The zero-order valence-electron chi connectivity index (χ0n) is 23.8. The van der Waals surface area contributed by atoms with Crippen molar-refractivity contribution in [2.45, 2.75) is 46.4 Å². The Morgan fingerprint density at radius 1 is 1.05 bits per heavy atom. The fraction of sp³-hybridized carbons (Fsp3) is 0.333. The number of rotatable bonds is 10. The molecule has 0 aliphatic carbocycles. The van der Waals surface area contributed by atoms with Crippen LogP contribution in [0, 0.1) is 6.92 Å². The summed E-state index contributed by atoms with van der Waals surface area (Å²) in [5, 5.41) is 0. The summed E-state index contributed by atoms with van der Waals surface area (Å²) in [5.74, 6) is 1.53. The molecule has 5 rings (SSSR count). The topological polar surface area (TPSA) is 70.7 Å². The Bertz CT molecular complexity index is 1430. The molecule has 1 unspecified atom stereocenters. The number of carbonyl (C=O) groups is 1. The molecule has 1 amide bonds. The van der Waals surface area contributed by atoms with E-state index in [1.807, 2.05) is 49.1 Å². The van der Waals surface area contributed by atoms with Gasteiger partial charge in [0.05, 0.1) is 25.2 Å². The Balaban J connectivity index is 1.52. The summed E-state index contributed by atoms with van der Waals surface area (Å²) in [6.45, 7) is 9.51. The van der Waals surface area contributed by atoms with Crippen LogP contribution in [-0.4, -0.2) is 52.4 Å². The third-order valence-corrected chi connectivity index (χ3v) is 7.80. The maximum Gasteiger partial charge on any atom is 0.253 e. The van der Waals surface area contributed by atoms with E-state index >= 15 is 0 Å². The van der Waals surface area contributed by atoms with Crippen LogP contribution in [0.4, 0.5) is 0 Å². The predicted octanol–water partition coefficient (Wildman–Crippen LogP) is 5.94. The predicted molar refractivity (Wildman–Crippen MR) is 157 cm³/mol. The monoisotopic (exact) mass is 538 g/mol. The maximum absolute atomic E-state index is 13.0. The fourth-order valence-corrected chi connectivity index (χ4v) is 5.49. The molecule has 0 fully saturated rings. The van der Waals surface area contributed by atoms with Gasteiger partial charge in [0.1, 0.15) is 6.61 Å². The first-order chi connectivity index (χ1) is 19.5. The van der Waals surface area contributed by atoms with Gasteiger partial charge < -0.3 is 19.4 Å². The number of aromatic amines is 1. The van der Waals surface area contributed by atoms with E-state index in [0.717, 1.165) is 47.0 Å². The van der Waals surface area contributed by atoms with E-state index in [1.165, 1.54) is 11.1 Å². The van der Waals surface area contributed by atoms with Crippen LogP contribution in [0.3, 0.4) is 0 Å². The Morgan fingerprint density at radius 2 is 1.80 bits per heavy atom. The Kier molecular flexibility index (Phi) is 8.51. The number of nitrogens with one attached hydrogen (secondary N) is 1. The summed E-state index contributed by atoms with van der Waals surface area (Å²) in [7, 11) is 1.69. The van der Waals surface area contributed by atoms with Gasteiger partial charge in [0, 0.05) is 37.4 Å². The Morgan fingerprint density at radius 3 is 2.45 bits per heavy atom. The third kappa shape index (κ3) is 5.75. The summed E-state index contributed by atoms with van der Waals surface area (Å²) in [5.41, 5.74) is 7.48. The third-order valence-electron chi connectivity index (χ3n) is 7.80. The minimum Gasteiger partial charge on any atom is -0.493 e. The number of aromatic nitrogens is 2. The number of fused-ring (bicyclic) bond motifs is 1. The van der Waals surface area contributed by atoms with E-state index in [1.54, 1.807) is 13.4 Å². The van der Waals surface area contributed by atoms with Gasteiger partial charge in [-0.15, -0.1) is 0 Å². The van der Waals surface area contributed by atoms with Crippen LogP contribution in [0.1, 0.15) is 63.9 Å². The second-order valence-corrected chi connectivity index (χ2v) is 10.2. The molecule has 2 heterocycles. The molecule has 0 radical (unpaired) electrons. The molecule has 7 heteroatoms. The maximum atomic E-state index is 13.0. The van der Waals surface area contributed by atoms with E-state index in [2.05, 4.69) is 58.2 Å². The lowest BCUT2D eigenvalue weighted by atomic mass is 9.87. The lowest BCUT2D eigenvalue weighted by Crippen LogP contribution is -2.36. The van der Waals surface area contributed by atoms with Crippen LogP contribution in [0.5, 0.6) is 11.5 Å². The minimum absolute atomic E-state index is 0.0255. The standard InChI is InChI=1S/C33H38N4O3/c1-5-36(6-2)33(38)26-14-12-25(13-15-26)32-28-19-31(40-21-24-10-8-7-9-11-24)30(39-4)18-27(28)16-17-37(32)20-29-23(3)34-22-35-29/h7-15,18-19,22,32H,5-6,16-17,20-21H2,1-4H3,(H,34,35). The van der Waals surface area contributed by atoms with Crippen molar-refractivity contribution in [1.29, 1.82) is 0 Å². The van der Waals surface area contributed by atoms with Crippen LogP contribution in [-0.2, 0) is 19.6 Å². The average Bonchev–Trinajstić information content (AvgIpc) is 3.40. The summed E-state index contributed by atoms with van der Waals surface area (Å²) in [6.07, 6.45) is 2.65. The first-order valence-corrected chi connectivity index (χ1v) is 14.0. The number of aryl methyl sites for hydroxylation is 1. The van der Waals surface area contributed by atoms with Crippen molar-refractivity contribution in [3.63, 3.8) is 0 Å². The normalized spacial score (nSPS) is 14.9. The van der Waals surface area contributed by atoms with E-state index < -0.39 is 0 Å². The number of amides is 1. The molecule has 40 heavy (non-hydrogen) atoms. The highest BCUT2D eigenvalue weighted by molar-refractivity contribution is 5.94. The number of hydrogen-bond donors (Lipinski definition) is 1. The highest BCUT2D eigenvalue weighted by atomic mass is 16.5. The van der Waals surface area contributed by atoms with Gasteiger partial charge in [-0.1, -0.05) is 42.5 Å². The summed E-state index contributed by atoms with van der Waals surface area (Å²) in [4.78, 5) is 25.1. The van der Waals surface area contributed by atoms with Crippen LogP contribution >= 0.6 is 0 Å². The Hall–Kier alpha value is -4.10. The van der Waals surface area contributed by atoms with Crippen molar-refractivity contribution in [2.75, 3.05) is 26.7 Å². The second-order valence-electron chi connectivity index (χ2n) is 10.2. The van der Waals surface area contributed by atoms with Crippen LogP contribution < -0.4 is 9.47 Å². The van der Waals surface area contributed by atoms with Crippen LogP contribution in [0.25, 0.3) is 0 Å². The van der Waals surface area contributed by atoms with Gasteiger partial charge in [-0.05, 0) is 73.7 Å². The summed E-state index contributed by atoms with van der Waals surface area (Å²) < 4.78 is 12.1. The van der Waals surface area contributed by atoms with Gasteiger partial charge in [0.15, 0.2) is 11.5 Å². The largest absolute Gasteiger partial charge is 0.493 e. The average molecular weight is 539 g/mol. The molecular weight excluding hydrogens is 500 g/mol. The van der Waals surface area contributed by atoms with E-state index in [4.69, 9.17) is 9.47 Å². The van der Waals surface area contributed by atoms with Crippen molar-refractivity contribution < 1.29 is 14.3 Å². The van der Waals surface area contributed by atoms with Gasteiger partial charge >= 0.3 is 0 Å². The van der Waals surface area contributed by atoms with Crippen molar-refractivity contribution in [1.82, 2.24) is 19.8 Å². The summed E-state index contributed by atoms with van der Waals surface area (Å²) in [6, 6.07) is 22.5. The van der Waals surface area contributed by atoms with Gasteiger partial charge in [-0.25, -0.2) is 4.98 Å². The van der Waals surface area contributed by atoms with Gasteiger partial charge in [-0.3, -0.25) is 9.69 Å². The number of H-pyrrole nitrogens is 1. The van der Waals surface area contributed by atoms with Crippen LogP contribution in [0.15, 0.2) is 73.1 Å². The van der Waals surface area contributed by atoms with E-state index in [0.29, 0.717) is 31.8 Å².